The van der Waals surface area contributed by atoms with Gasteiger partial charge in [0.15, 0.2) is 6.29 Å². The lowest BCUT2D eigenvalue weighted by Gasteiger charge is -1.98. The summed E-state index contributed by atoms with van der Waals surface area (Å²) in [5.74, 6) is 1.03. The number of fused-ring (bicyclic) bond motifs is 1. The fourth-order valence-corrected chi connectivity index (χ4v) is 2.72. The third-order valence-electron chi connectivity index (χ3n) is 2.63. The number of imidazole rings is 1. The summed E-state index contributed by atoms with van der Waals surface area (Å²) in [5.41, 5.74) is 1.51. The van der Waals surface area contributed by atoms with Crippen LogP contribution >= 0.6 is 11.8 Å². The monoisotopic (exact) mass is 248 g/mol. The Morgan fingerprint density at radius 2 is 2.29 bits per heavy atom. The molecule has 0 aliphatic carbocycles. The summed E-state index contributed by atoms with van der Waals surface area (Å²) in [6.07, 6.45) is 6.39. The molecule has 0 saturated heterocycles. The molecule has 2 rings (SSSR count). The number of rotatable bonds is 6. The third kappa shape index (κ3) is 2.69. The highest BCUT2D eigenvalue weighted by atomic mass is 32.2. The van der Waals surface area contributed by atoms with Gasteiger partial charge in [0.25, 0.3) is 0 Å². The quantitative estimate of drug-likeness (QED) is 0.446. The maximum Gasteiger partial charge on any atom is 0.169 e. The maximum atomic E-state index is 11.1. The second-order valence-corrected chi connectivity index (χ2v) is 4.99. The molecule has 90 valence electrons. The first-order valence-corrected chi connectivity index (χ1v) is 6.90. The summed E-state index contributed by atoms with van der Waals surface area (Å²) in [6, 6.07) is 5.76. The van der Waals surface area contributed by atoms with Gasteiger partial charge in [-0.2, -0.15) is 0 Å². The van der Waals surface area contributed by atoms with Gasteiger partial charge in [0.05, 0.1) is 0 Å². The molecular formula is C13H16N2OS. The van der Waals surface area contributed by atoms with E-state index in [0.717, 1.165) is 22.7 Å². The van der Waals surface area contributed by atoms with E-state index in [9.17, 15) is 4.79 Å². The van der Waals surface area contributed by atoms with Crippen LogP contribution in [0.5, 0.6) is 0 Å². The van der Waals surface area contributed by atoms with E-state index in [2.05, 4.69) is 11.9 Å². The zero-order valence-electron chi connectivity index (χ0n) is 9.93. The number of thioether (sulfide) groups is 1. The minimum Gasteiger partial charge on any atom is -0.296 e. The maximum absolute atomic E-state index is 11.1. The first-order valence-electron chi connectivity index (χ1n) is 5.92. The van der Waals surface area contributed by atoms with Gasteiger partial charge in [0, 0.05) is 6.20 Å². The summed E-state index contributed by atoms with van der Waals surface area (Å²) in [6.45, 7) is 2.19. The van der Waals surface area contributed by atoms with Crippen LogP contribution in [0.4, 0.5) is 0 Å². The number of aldehydes is 1. The number of carbonyl (C=O) groups excluding carboxylic acids is 1. The van der Waals surface area contributed by atoms with Crippen molar-refractivity contribution in [2.45, 2.75) is 31.2 Å². The van der Waals surface area contributed by atoms with Gasteiger partial charge < -0.3 is 0 Å². The molecule has 0 spiro atoms. The lowest BCUT2D eigenvalue weighted by molar-refractivity contribution is 0.111. The molecule has 0 atom stereocenters. The van der Waals surface area contributed by atoms with Gasteiger partial charge >= 0.3 is 0 Å². The molecule has 0 amide bonds. The predicted molar refractivity (Wildman–Crippen MR) is 70.8 cm³/mol. The van der Waals surface area contributed by atoms with Crippen molar-refractivity contribution in [2.24, 2.45) is 0 Å². The smallest absolute Gasteiger partial charge is 0.169 e. The first kappa shape index (κ1) is 12.2. The largest absolute Gasteiger partial charge is 0.296 e. The van der Waals surface area contributed by atoms with Gasteiger partial charge in [-0.25, -0.2) is 4.98 Å². The molecule has 0 bridgehead atoms. The predicted octanol–water partition coefficient (Wildman–Crippen LogP) is 3.43. The molecular weight excluding hydrogens is 232 g/mol. The van der Waals surface area contributed by atoms with Gasteiger partial charge in [-0.05, 0) is 24.3 Å². The number of unbranched alkanes of at least 4 members (excludes halogenated alkanes) is 2. The molecule has 0 radical (unpaired) electrons. The molecule has 0 saturated carbocycles. The second-order valence-electron chi connectivity index (χ2n) is 3.90. The molecule has 0 aromatic carbocycles. The van der Waals surface area contributed by atoms with Crippen LogP contribution < -0.4 is 0 Å². The SMILES string of the molecule is CCCCCSc1nc2ccccn2c1C=O. The van der Waals surface area contributed by atoms with Gasteiger partial charge in [0.2, 0.25) is 0 Å². The highest BCUT2D eigenvalue weighted by molar-refractivity contribution is 7.99. The summed E-state index contributed by atoms with van der Waals surface area (Å²) in [5, 5.41) is 0.849. The van der Waals surface area contributed by atoms with Crippen LogP contribution in [-0.2, 0) is 0 Å². The molecule has 2 aromatic heterocycles. The van der Waals surface area contributed by atoms with Gasteiger partial charge in [-0.1, -0.05) is 25.8 Å². The Kier molecular flexibility index (Phi) is 4.20. The van der Waals surface area contributed by atoms with Crippen LogP contribution in [0.15, 0.2) is 29.4 Å². The molecule has 0 aliphatic rings. The molecule has 4 heteroatoms. The number of aromatic nitrogens is 2. The van der Waals surface area contributed by atoms with Crippen molar-refractivity contribution in [3.05, 3.63) is 30.1 Å². The van der Waals surface area contributed by atoms with E-state index in [1.54, 1.807) is 11.8 Å². The molecule has 0 aliphatic heterocycles. The fraction of sp³-hybridized carbons (Fsp3) is 0.385. The molecule has 2 aromatic rings. The topological polar surface area (TPSA) is 34.4 Å². The second kappa shape index (κ2) is 5.87. The highest BCUT2D eigenvalue weighted by Crippen LogP contribution is 2.23. The highest BCUT2D eigenvalue weighted by Gasteiger charge is 2.10. The lowest BCUT2D eigenvalue weighted by atomic mass is 10.3. The number of nitrogens with zero attached hydrogens (tertiary/aromatic N) is 2. The van der Waals surface area contributed by atoms with Crippen molar-refractivity contribution in [3.63, 3.8) is 0 Å². The van der Waals surface area contributed by atoms with Crippen molar-refractivity contribution in [1.82, 2.24) is 9.38 Å². The normalized spacial score (nSPS) is 10.9. The number of hydrogen-bond donors (Lipinski definition) is 0. The van der Waals surface area contributed by atoms with Gasteiger partial charge in [-0.3, -0.25) is 9.20 Å². The Hall–Kier alpha value is -1.29. The van der Waals surface area contributed by atoms with Crippen molar-refractivity contribution >= 4 is 23.7 Å². The van der Waals surface area contributed by atoms with Crippen molar-refractivity contribution in [2.75, 3.05) is 5.75 Å². The number of carbonyl (C=O) groups is 1. The van der Waals surface area contributed by atoms with Crippen LogP contribution in [0.25, 0.3) is 5.65 Å². The molecule has 2 heterocycles. The lowest BCUT2D eigenvalue weighted by Crippen LogP contribution is -1.91. The minimum atomic E-state index is 0.669. The van der Waals surface area contributed by atoms with E-state index in [1.165, 1.54) is 19.3 Å². The van der Waals surface area contributed by atoms with Gasteiger partial charge in [-0.15, -0.1) is 11.8 Å². The molecule has 0 fully saturated rings. The zero-order chi connectivity index (χ0) is 12.1. The number of hydrogen-bond acceptors (Lipinski definition) is 3. The van der Waals surface area contributed by atoms with E-state index < -0.39 is 0 Å². The van der Waals surface area contributed by atoms with E-state index in [4.69, 9.17) is 0 Å². The van der Waals surface area contributed by atoms with Crippen LogP contribution in [0.2, 0.25) is 0 Å². The first-order chi connectivity index (χ1) is 8.36. The molecule has 3 nitrogen and oxygen atoms in total. The Morgan fingerprint density at radius 3 is 3.06 bits per heavy atom. The fourth-order valence-electron chi connectivity index (χ4n) is 1.73. The van der Waals surface area contributed by atoms with Crippen molar-refractivity contribution in [1.29, 1.82) is 0 Å². The summed E-state index contributed by atoms with van der Waals surface area (Å²) < 4.78 is 1.84. The Bertz CT molecular complexity index is 507. The number of pyridine rings is 1. The Morgan fingerprint density at radius 1 is 1.41 bits per heavy atom. The molecule has 0 N–H and O–H groups in total. The van der Waals surface area contributed by atoms with Crippen LogP contribution in [-0.4, -0.2) is 21.4 Å². The van der Waals surface area contributed by atoms with Crippen LogP contribution in [0, 0.1) is 0 Å². The summed E-state index contributed by atoms with van der Waals surface area (Å²) in [7, 11) is 0. The van der Waals surface area contributed by atoms with Gasteiger partial charge in [0.1, 0.15) is 16.4 Å². The Labute approximate surface area is 105 Å². The zero-order valence-corrected chi connectivity index (χ0v) is 10.7. The minimum absolute atomic E-state index is 0.669. The average molecular weight is 248 g/mol. The van der Waals surface area contributed by atoms with E-state index in [-0.39, 0.29) is 0 Å². The summed E-state index contributed by atoms with van der Waals surface area (Å²) >= 11 is 1.67. The third-order valence-corrected chi connectivity index (χ3v) is 3.70. The van der Waals surface area contributed by atoms with Crippen molar-refractivity contribution in [3.8, 4) is 0 Å². The van der Waals surface area contributed by atoms with Crippen LogP contribution in [0.3, 0.4) is 0 Å². The van der Waals surface area contributed by atoms with E-state index >= 15 is 0 Å². The molecule has 17 heavy (non-hydrogen) atoms. The van der Waals surface area contributed by atoms with E-state index in [0.29, 0.717) is 5.69 Å². The van der Waals surface area contributed by atoms with Crippen molar-refractivity contribution < 1.29 is 4.79 Å². The molecule has 0 unspecified atom stereocenters. The van der Waals surface area contributed by atoms with Crippen LogP contribution in [0.1, 0.15) is 36.7 Å². The Balaban J connectivity index is 2.18. The standard InChI is InChI=1S/C13H16N2OS/c1-2-3-6-9-17-13-11(10-16)15-8-5-4-7-12(15)14-13/h4-5,7-8,10H,2-3,6,9H2,1H3. The van der Waals surface area contributed by atoms with E-state index in [1.807, 2.05) is 28.8 Å². The average Bonchev–Trinajstić information content (AvgIpc) is 2.72. The summed E-state index contributed by atoms with van der Waals surface area (Å²) in [4.78, 5) is 15.6.